The van der Waals surface area contributed by atoms with Crippen molar-refractivity contribution < 1.29 is 20.1 Å². The van der Waals surface area contributed by atoms with Gasteiger partial charge in [0.2, 0.25) is 0 Å². The van der Waals surface area contributed by atoms with Crippen LogP contribution in [0, 0.1) is 12.7 Å². The Morgan fingerprint density at radius 1 is 0.639 bits per heavy atom. The van der Waals surface area contributed by atoms with E-state index in [-0.39, 0.29) is 20.1 Å². The van der Waals surface area contributed by atoms with E-state index in [0.29, 0.717) is 11.8 Å². The number of fused-ring (bicyclic) bond motifs is 6. The number of anilines is 2. The van der Waals surface area contributed by atoms with E-state index in [4.69, 9.17) is 0 Å². The SMILES string of the molecule is CC(C)c1ccc2c(c1)C1=C(c3ccccc3)N(c3ccccc3)[CH-]N1c1[c-]cc(C(C)C)cc1-2.[Ir]. The van der Waals surface area contributed by atoms with E-state index in [1.54, 1.807) is 0 Å². The number of benzene rings is 4. The van der Waals surface area contributed by atoms with Gasteiger partial charge in [0.15, 0.2) is 0 Å². The molecule has 36 heavy (non-hydrogen) atoms. The number of rotatable bonds is 4. The molecule has 2 nitrogen and oxygen atoms in total. The summed E-state index contributed by atoms with van der Waals surface area (Å²) in [4.78, 5) is 4.68. The van der Waals surface area contributed by atoms with Crippen LogP contribution in [0.5, 0.6) is 0 Å². The van der Waals surface area contributed by atoms with Gasteiger partial charge in [-0.15, -0.1) is 12.2 Å². The molecule has 0 unspecified atom stereocenters. The molecule has 4 aromatic rings. The van der Waals surface area contributed by atoms with Crippen molar-refractivity contribution in [3.05, 3.63) is 126 Å². The maximum atomic E-state index is 3.67. The third-order valence-electron chi connectivity index (χ3n) is 7.12. The predicted molar refractivity (Wildman–Crippen MR) is 148 cm³/mol. The van der Waals surface area contributed by atoms with E-state index in [2.05, 4.69) is 141 Å². The van der Waals surface area contributed by atoms with Gasteiger partial charge in [0.25, 0.3) is 0 Å². The zero-order chi connectivity index (χ0) is 24.1. The smallest absolute Gasteiger partial charge is 0.0424 e. The van der Waals surface area contributed by atoms with Crippen LogP contribution in [0.3, 0.4) is 0 Å². The first-order chi connectivity index (χ1) is 17.0. The minimum atomic E-state index is 0. The molecule has 2 aliphatic heterocycles. The van der Waals surface area contributed by atoms with Crippen LogP contribution in [0.1, 0.15) is 61.8 Å². The van der Waals surface area contributed by atoms with Crippen LogP contribution in [-0.2, 0) is 20.1 Å². The Balaban J connectivity index is 0.00000267. The van der Waals surface area contributed by atoms with Crippen molar-refractivity contribution in [3.8, 4) is 11.1 Å². The van der Waals surface area contributed by atoms with Gasteiger partial charge in [-0.3, -0.25) is 0 Å². The fraction of sp³-hybridized carbons (Fsp3) is 0.182. The van der Waals surface area contributed by atoms with Gasteiger partial charge in [-0.05, 0) is 40.8 Å². The molecule has 3 heteroatoms. The standard InChI is InChI=1S/C33H30N2.Ir/c1-22(2)25-15-17-28-29-19-26(23(3)4)16-18-31(29)35-21-34(27-13-9-6-10-14-27)32(33(35)30(28)20-25)24-11-7-5-8-12-24;/h5-17,19-23H,1-4H3;/q-2;. The zero-order valence-electron chi connectivity index (χ0n) is 21.1. The summed E-state index contributed by atoms with van der Waals surface area (Å²) < 4.78 is 0. The largest absolute Gasteiger partial charge is 0.492 e. The summed E-state index contributed by atoms with van der Waals surface area (Å²) in [6, 6.07) is 36.6. The van der Waals surface area contributed by atoms with E-state index >= 15 is 0 Å². The zero-order valence-corrected chi connectivity index (χ0v) is 23.5. The van der Waals surface area contributed by atoms with E-state index in [1.165, 1.54) is 44.8 Å². The fourth-order valence-corrected chi connectivity index (χ4v) is 5.14. The van der Waals surface area contributed by atoms with E-state index < -0.39 is 0 Å². The number of hydrogen-bond donors (Lipinski definition) is 0. The van der Waals surface area contributed by atoms with Crippen molar-refractivity contribution >= 4 is 22.8 Å². The van der Waals surface area contributed by atoms with E-state index in [0.717, 1.165) is 11.4 Å². The molecule has 4 aromatic carbocycles. The molecule has 0 saturated carbocycles. The van der Waals surface area contributed by atoms with Crippen LogP contribution in [0.4, 0.5) is 11.4 Å². The van der Waals surface area contributed by atoms with Crippen LogP contribution < -0.4 is 9.80 Å². The van der Waals surface area contributed by atoms with Gasteiger partial charge in [-0.25, -0.2) is 0 Å². The van der Waals surface area contributed by atoms with E-state index in [9.17, 15) is 0 Å². The number of nitrogens with zero attached hydrogens (tertiary/aromatic N) is 2. The first-order valence-electron chi connectivity index (χ1n) is 12.5. The summed E-state index contributed by atoms with van der Waals surface area (Å²) >= 11 is 0. The van der Waals surface area contributed by atoms with Gasteiger partial charge in [0.05, 0.1) is 0 Å². The second kappa shape index (κ2) is 9.73. The molecule has 2 aliphatic rings. The van der Waals surface area contributed by atoms with Gasteiger partial charge in [0, 0.05) is 37.2 Å². The van der Waals surface area contributed by atoms with Crippen molar-refractivity contribution in [1.29, 1.82) is 0 Å². The van der Waals surface area contributed by atoms with Gasteiger partial charge in [-0.2, -0.15) is 23.8 Å². The maximum absolute atomic E-state index is 3.67. The Labute approximate surface area is 228 Å². The van der Waals surface area contributed by atoms with Crippen LogP contribution in [0.15, 0.2) is 91.0 Å². The Kier molecular flexibility index (Phi) is 6.64. The van der Waals surface area contributed by atoms with Crippen molar-refractivity contribution in [3.63, 3.8) is 0 Å². The molecule has 0 N–H and O–H groups in total. The maximum Gasteiger partial charge on any atom is 0.0424 e. The Bertz CT molecular complexity index is 1420. The second-order valence-corrected chi connectivity index (χ2v) is 10.1. The Morgan fingerprint density at radius 3 is 1.94 bits per heavy atom. The third-order valence-corrected chi connectivity index (χ3v) is 7.12. The molecule has 0 fully saturated rings. The van der Waals surface area contributed by atoms with Crippen molar-refractivity contribution in [1.82, 2.24) is 0 Å². The molecule has 0 bridgehead atoms. The summed E-state index contributed by atoms with van der Waals surface area (Å²) in [6.45, 7) is 11.3. The molecule has 0 aromatic heterocycles. The number of para-hydroxylation sites is 1. The topological polar surface area (TPSA) is 6.48 Å². The van der Waals surface area contributed by atoms with Gasteiger partial charge in [0.1, 0.15) is 0 Å². The van der Waals surface area contributed by atoms with Gasteiger partial charge < -0.3 is 9.80 Å². The van der Waals surface area contributed by atoms with Crippen molar-refractivity contribution in [2.75, 3.05) is 9.80 Å². The average Bonchev–Trinajstić information content (AvgIpc) is 3.30. The summed E-state index contributed by atoms with van der Waals surface area (Å²) in [7, 11) is 0. The predicted octanol–water partition coefficient (Wildman–Crippen LogP) is 8.68. The van der Waals surface area contributed by atoms with Crippen LogP contribution >= 0.6 is 0 Å². The molecule has 1 radical (unpaired) electrons. The molecule has 0 aliphatic carbocycles. The Morgan fingerprint density at radius 2 is 1.28 bits per heavy atom. The Hall–Kier alpha value is -3.13. The molecule has 183 valence electrons. The third kappa shape index (κ3) is 4.01. The summed E-state index contributed by atoms with van der Waals surface area (Å²) in [5.41, 5.74) is 12.4. The molecule has 0 spiro atoms. The summed E-state index contributed by atoms with van der Waals surface area (Å²) in [6.07, 6.45) is 0. The molecule has 0 saturated heterocycles. The van der Waals surface area contributed by atoms with Gasteiger partial charge in [-0.1, -0.05) is 106 Å². The minimum Gasteiger partial charge on any atom is -0.492 e. The van der Waals surface area contributed by atoms with Crippen molar-refractivity contribution in [2.24, 2.45) is 0 Å². The molecule has 2 heterocycles. The minimum absolute atomic E-state index is 0. The molecule has 0 amide bonds. The average molecular weight is 647 g/mol. The first-order valence-corrected chi connectivity index (χ1v) is 12.5. The molecule has 6 rings (SSSR count). The molecular formula is C33H30IrN2-2. The molecule has 0 atom stereocenters. The van der Waals surface area contributed by atoms with Crippen molar-refractivity contribution in [2.45, 2.75) is 39.5 Å². The normalized spacial score (nSPS) is 14.1. The van der Waals surface area contributed by atoms with Crippen LogP contribution in [0.2, 0.25) is 0 Å². The van der Waals surface area contributed by atoms with Crippen LogP contribution in [0.25, 0.3) is 22.5 Å². The van der Waals surface area contributed by atoms with E-state index in [1.807, 2.05) is 0 Å². The monoisotopic (exact) mass is 647 g/mol. The fourth-order valence-electron chi connectivity index (χ4n) is 5.14. The summed E-state index contributed by atoms with van der Waals surface area (Å²) in [5.74, 6) is 0.912. The van der Waals surface area contributed by atoms with Gasteiger partial charge >= 0.3 is 0 Å². The molecular weight excluding hydrogens is 617 g/mol. The quantitative estimate of drug-likeness (QED) is 0.205. The summed E-state index contributed by atoms with van der Waals surface area (Å²) in [5, 5.41) is 0. The van der Waals surface area contributed by atoms with Crippen LogP contribution in [-0.4, -0.2) is 0 Å². The number of hydrogen-bond acceptors (Lipinski definition) is 2. The first kappa shape index (κ1) is 24.6. The second-order valence-electron chi connectivity index (χ2n) is 10.1.